The quantitative estimate of drug-likeness (QED) is 0.731. The lowest BCUT2D eigenvalue weighted by atomic mass is 9.86. The second kappa shape index (κ2) is 4.45. The molecule has 0 amide bonds. The molecule has 2 N–H and O–H groups in total. The first kappa shape index (κ1) is 10.2. The predicted molar refractivity (Wildman–Crippen MR) is 57.9 cm³/mol. The Balaban J connectivity index is 2.26. The maximum absolute atomic E-state index is 11.1. The van der Waals surface area contributed by atoms with Gasteiger partial charge in [0.2, 0.25) is 0 Å². The molecule has 0 bridgehead atoms. The summed E-state index contributed by atoms with van der Waals surface area (Å²) >= 11 is 0. The average molecular weight is 205 g/mol. The van der Waals surface area contributed by atoms with Crippen molar-refractivity contribution in [2.45, 2.75) is 12.3 Å². The van der Waals surface area contributed by atoms with Gasteiger partial charge in [0.1, 0.15) is 12.0 Å². The minimum absolute atomic E-state index is 0.179. The number of hydrogen-bond donors (Lipinski definition) is 2. The van der Waals surface area contributed by atoms with Crippen molar-refractivity contribution in [1.82, 2.24) is 5.32 Å². The molecule has 1 fully saturated rings. The van der Waals surface area contributed by atoms with E-state index < -0.39 is 0 Å². The van der Waals surface area contributed by atoms with Crippen molar-refractivity contribution >= 4 is 6.29 Å². The molecule has 3 nitrogen and oxygen atoms in total. The molecular formula is C12H15NO2. The zero-order valence-corrected chi connectivity index (χ0v) is 8.52. The Morgan fingerprint density at radius 2 is 2.27 bits per heavy atom. The number of nitrogens with one attached hydrogen (secondary N) is 1. The first-order valence-electron chi connectivity index (χ1n) is 5.27. The van der Waals surface area contributed by atoms with Crippen molar-refractivity contribution in [2.24, 2.45) is 5.92 Å². The Morgan fingerprint density at radius 1 is 1.47 bits per heavy atom. The summed E-state index contributed by atoms with van der Waals surface area (Å²) in [6, 6.07) is 7.09. The first-order valence-corrected chi connectivity index (χ1v) is 5.27. The molecule has 2 unspecified atom stereocenters. The molecular weight excluding hydrogens is 190 g/mol. The van der Waals surface area contributed by atoms with Gasteiger partial charge in [0, 0.05) is 11.5 Å². The highest BCUT2D eigenvalue weighted by Gasteiger charge is 2.27. The van der Waals surface area contributed by atoms with E-state index in [-0.39, 0.29) is 11.7 Å². The number of aldehydes is 1. The summed E-state index contributed by atoms with van der Waals surface area (Å²) in [5.74, 6) is 0.360. The maximum atomic E-state index is 11.1. The lowest BCUT2D eigenvalue weighted by Crippen LogP contribution is -2.17. The standard InChI is InChI=1S/C12H15NO2/c14-8-11(9-5-6-13-7-9)10-3-1-2-4-12(10)15/h1-4,8-9,11,13,15H,5-7H2. The summed E-state index contributed by atoms with van der Waals surface area (Å²) in [6.45, 7) is 1.82. The molecule has 0 aromatic heterocycles. The first-order chi connectivity index (χ1) is 7.33. The van der Waals surface area contributed by atoms with E-state index in [0.29, 0.717) is 5.92 Å². The highest BCUT2D eigenvalue weighted by atomic mass is 16.3. The largest absolute Gasteiger partial charge is 0.508 e. The number of phenolic OH excluding ortho intramolecular Hbond substituents is 1. The molecule has 0 radical (unpaired) electrons. The van der Waals surface area contributed by atoms with Gasteiger partial charge in [-0.25, -0.2) is 0 Å². The van der Waals surface area contributed by atoms with Gasteiger partial charge in [0.25, 0.3) is 0 Å². The highest BCUT2D eigenvalue weighted by molar-refractivity contribution is 5.65. The number of hydrogen-bond acceptors (Lipinski definition) is 3. The molecule has 80 valence electrons. The molecule has 15 heavy (non-hydrogen) atoms. The SMILES string of the molecule is O=CC(c1ccccc1O)C1CCNC1. The van der Waals surface area contributed by atoms with Crippen LogP contribution in [0.5, 0.6) is 5.75 Å². The summed E-state index contributed by atoms with van der Waals surface area (Å²) in [6.07, 6.45) is 1.95. The number of phenols is 1. The van der Waals surface area contributed by atoms with Crippen LogP contribution in [0.15, 0.2) is 24.3 Å². The van der Waals surface area contributed by atoms with E-state index >= 15 is 0 Å². The van der Waals surface area contributed by atoms with Gasteiger partial charge in [0.15, 0.2) is 0 Å². The number of benzene rings is 1. The molecule has 1 aromatic carbocycles. The molecule has 1 heterocycles. The number of para-hydroxylation sites is 1. The van der Waals surface area contributed by atoms with Gasteiger partial charge in [-0.15, -0.1) is 0 Å². The van der Waals surface area contributed by atoms with Crippen molar-refractivity contribution in [3.63, 3.8) is 0 Å². The molecule has 2 atom stereocenters. The average Bonchev–Trinajstić information content (AvgIpc) is 2.75. The van der Waals surface area contributed by atoms with E-state index in [1.165, 1.54) is 0 Å². The van der Waals surface area contributed by atoms with Crippen LogP contribution in [0.4, 0.5) is 0 Å². The summed E-state index contributed by atoms with van der Waals surface area (Å²) in [5.41, 5.74) is 0.751. The number of aromatic hydroxyl groups is 1. The third kappa shape index (κ3) is 2.02. The number of carbonyl (C=O) groups is 1. The van der Waals surface area contributed by atoms with Crippen molar-refractivity contribution in [3.05, 3.63) is 29.8 Å². The molecule has 1 aliphatic rings. The van der Waals surface area contributed by atoms with Crippen LogP contribution in [-0.4, -0.2) is 24.5 Å². The van der Waals surface area contributed by atoms with Crippen LogP contribution in [0.25, 0.3) is 0 Å². The molecule has 0 saturated carbocycles. The number of rotatable bonds is 3. The molecule has 3 heteroatoms. The van der Waals surface area contributed by atoms with Crippen molar-refractivity contribution in [2.75, 3.05) is 13.1 Å². The molecule has 0 aliphatic carbocycles. The van der Waals surface area contributed by atoms with Gasteiger partial charge in [-0.1, -0.05) is 18.2 Å². The van der Waals surface area contributed by atoms with Crippen LogP contribution in [0, 0.1) is 5.92 Å². The predicted octanol–water partition coefficient (Wildman–Crippen LogP) is 1.28. The smallest absolute Gasteiger partial charge is 0.127 e. The minimum Gasteiger partial charge on any atom is -0.508 e. The molecule has 2 rings (SSSR count). The minimum atomic E-state index is -0.179. The van der Waals surface area contributed by atoms with E-state index in [0.717, 1.165) is 31.4 Å². The second-order valence-electron chi connectivity index (χ2n) is 3.97. The lowest BCUT2D eigenvalue weighted by Gasteiger charge is -2.18. The Hall–Kier alpha value is -1.35. The van der Waals surface area contributed by atoms with Gasteiger partial charge < -0.3 is 15.2 Å². The van der Waals surface area contributed by atoms with E-state index in [9.17, 15) is 9.90 Å². The van der Waals surface area contributed by atoms with Gasteiger partial charge in [-0.05, 0) is 31.5 Å². The second-order valence-corrected chi connectivity index (χ2v) is 3.97. The van der Waals surface area contributed by atoms with Crippen molar-refractivity contribution in [1.29, 1.82) is 0 Å². The van der Waals surface area contributed by atoms with Crippen molar-refractivity contribution < 1.29 is 9.90 Å². The van der Waals surface area contributed by atoms with Crippen LogP contribution in [0.2, 0.25) is 0 Å². The van der Waals surface area contributed by atoms with Crippen LogP contribution in [0.1, 0.15) is 17.9 Å². The van der Waals surface area contributed by atoms with Crippen LogP contribution in [0.3, 0.4) is 0 Å². The Morgan fingerprint density at radius 3 is 2.87 bits per heavy atom. The Bertz CT molecular complexity index is 345. The molecule has 0 spiro atoms. The fraction of sp³-hybridized carbons (Fsp3) is 0.417. The fourth-order valence-corrected chi connectivity index (χ4v) is 2.19. The number of carbonyl (C=O) groups excluding carboxylic acids is 1. The van der Waals surface area contributed by atoms with Gasteiger partial charge in [-0.2, -0.15) is 0 Å². The van der Waals surface area contributed by atoms with Crippen molar-refractivity contribution in [3.8, 4) is 5.75 Å². The third-order valence-corrected chi connectivity index (χ3v) is 3.05. The third-order valence-electron chi connectivity index (χ3n) is 3.05. The summed E-state index contributed by atoms with van der Waals surface area (Å²) < 4.78 is 0. The summed E-state index contributed by atoms with van der Waals surface area (Å²) in [7, 11) is 0. The van der Waals surface area contributed by atoms with Crippen LogP contribution in [-0.2, 0) is 4.79 Å². The van der Waals surface area contributed by atoms with Gasteiger partial charge >= 0.3 is 0 Å². The normalized spacial score (nSPS) is 22.5. The molecule has 1 aliphatic heterocycles. The maximum Gasteiger partial charge on any atom is 0.127 e. The molecule has 1 saturated heterocycles. The zero-order valence-electron chi connectivity index (χ0n) is 8.52. The fourth-order valence-electron chi connectivity index (χ4n) is 2.19. The zero-order chi connectivity index (χ0) is 10.7. The monoisotopic (exact) mass is 205 g/mol. The highest BCUT2D eigenvalue weighted by Crippen LogP contribution is 2.32. The van der Waals surface area contributed by atoms with E-state index in [4.69, 9.17) is 0 Å². The van der Waals surface area contributed by atoms with Crippen LogP contribution >= 0.6 is 0 Å². The Labute approximate surface area is 89.1 Å². The van der Waals surface area contributed by atoms with Crippen LogP contribution < -0.4 is 5.32 Å². The van der Waals surface area contributed by atoms with E-state index in [1.54, 1.807) is 12.1 Å². The lowest BCUT2D eigenvalue weighted by molar-refractivity contribution is -0.110. The van der Waals surface area contributed by atoms with Gasteiger partial charge in [-0.3, -0.25) is 0 Å². The summed E-state index contributed by atoms with van der Waals surface area (Å²) in [4.78, 5) is 11.1. The molecule has 1 aromatic rings. The van der Waals surface area contributed by atoms with E-state index in [1.807, 2.05) is 12.1 Å². The van der Waals surface area contributed by atoms with Gasteiger partial charge in [0.05, 0.1) is 0 Å². The summed E-state index contributed by atoms with van der Waals surface area (Å²) in [5, 5.41) is 12.9. The van der Waals surface area contributed by atoms with E-state index in [2.05, 4.69) is 5.32 Å². The Kier molecular flexibility index (Phi) is 3.02. The topological polar surface area (TPSA) is 49.3 Å².